The van der Waals surface area contributed by atoms with Gasteiger partial charge in [0.05, 0.1) is 30.1 Å². The molecule has 0 aliphatic carbocycles. The van der Waals surface area contributed by atoms with Crippen molar-refractivity contribution in [3.63, 3.8) is 0 Å². The minimum atomic E-state index is -1.38. The second kappa shape index (κ2) is 7.44. The molecular formula is C10H9ClKNO5S. The van der Waals surface area contributed by atoms with Gasteiger partial charge in [-0.2, -0.15) is 0 Å². The normalized spacial score (nSPS) is 20.6. The zero-order chi connectivity index (χ0) is 13.3. The summed E-state index contributed by atoms with van der Waals surface area (Å²) in [4.78, 5) is 34.8. The maximum absolute atomic E-state index is 11.3. The number of halogens is 1. The Bertz CT molecular complexity index is 455. The smallest absolute Gasteiger partial charge is 0.543 e. The van der Waals surface area contributed by atoms with Crippen LogP contribution in [0.2, 0.25) is 0 Å². The number of aliphatic carboxylic acids is 1. The molecule has 1 fully saturated rings. The Morgan fingerprint density at radius 2 is 2.21 bits per heavy atom. The molecule has 2 aliphatic rings. The van der Waals surface area contributed by atoms with E-state index in [0.717, 1.165) is 0 Å². The van der Waals surface area contributed by atoms with Crippen molar-refractivity contribution >= 4 is 41.2 Å². The Balaban J connectivity index is 0.00000180. The van der Waals surface area contributed by atoms with Crippen molar-refractivity contribution in [3.05, 3.63) is 10.6 Å². The van der Waals surface area contributed by atoms with E-state index in [2.05, 4.69) is 0 Å². The Morgan fingerprint density at radius 3 is 2.74 bits per heavy atom. The van der Waals surface area contributed by atoms with Crippen molar-refractivity contribution in [2.75, 3.05) is 12.5 Å². The summed E-state index contributed by atoms with van der Waals surface area (Å²) in [6.07, 6.45) is 0.573. The van der Waals surface area contributed by atoms with Crippen molar-refractivity contribution in [2.45, 2.75) is 18.2 Å². The number of esters is 1. The summed E-state index contributed by atoms with van der Waals surface area (Å²) in [6, 6.07) is 0. The predicted molar refractivity (Wildman–Crippen MR) is 61.2 cm³/mol. The maximum Gasteiger partial charge on any atom is 1.00 e. The molecule has 6 nitrogen and oxygen atoms in total. The summed E-state index contributed by atoms with van der Waals surface area (Å²) < 4.78 is 4.76. The number of carboxylic acid groups (broad SMARTS) is 1. The van der Waals surface area contributed by atoms with Crippen molar-refractivity contribution in [1.82, 2.24) is 4.90 Å². The van der Waals surface area contributed by atoms with Crippen LogP contribution in [0.25, 0.3) is 0 Å². The van der Waals surface area contributed by atoms with Crippen molar-refractivity contribution in [2.24, 2.45) is 0 Å². The van der Waals surface area contributed by atoms with E-state index in [9.17, 15) is 19.5 Å². The van der Waals surface area contributed by atoms with E-state index in [1.807, 2.05) is 0 Å². The van der Waals surface area contributed by atoms with E-state index in [1.54, 1.807) is 0 Å². The van der Waals surface area contributed by atoms with Gasteiger partial charge < -0.3 is 14.6 Å². The minimum absolute atomic E-state index is 0. The number of hydrogen-bond acceptors (Lipinski definition) is 6. The first kappa shape index (κ1) is 17.5. The predicted octanol–water partition coefficient (Wildman–Crippen LogP) is -3.57. The monoisotopic (exact) mass is 329 g/mol. The summed E-state index contributed by atoms with van der Waals surface area (Å²) in [7, 11) is 0. The van der Waals surface area contributed by atoms with E-state index in [-0.39, 0.29) is 87.3 Å². The van der Waals surface area contributed by atoms with Crippen LogP contribution < -0.4 is 56.5 Å². The number of carboxylic acids is 1. The van der Waals surface area contributed by atoms with Gasteiger partial charge in [0.2, 0.25) is 5.91 Å². The number of amides is 1. The van der Waals surface area contributed by atoms with Crippen LogP contribution >= 0.6 is 23.4 Å². The van der Waals surface area contributed by atoms with E-state index < -0.39 is 11.9 Å². The number of rotatable bonds is 5. The number of ether oxygens (including phenoxy) is 1. The Kier molecular flexibility index (Phi) is 6.84. The van der Waals surface area contributed by atoms with Crippen LogP contribution in [0.3, 0.4) is 0 Å². The molecule has 0 N–H and O–H groups in total. The molecule has 19 heavy (non-hydrogen) atoms. The fraction of sp³-hybridized carbons (Fsp3) is 0.500. The Labute approximate surface area is 161 Å². The van der Waals surface area contributed by atoms with Crippen LogP contribution in [0.1, 0.15) is 12.8 Å². The average molecular weight is 330 g/mol. The molecule has 2 heterocycles. The summed E-state index contributed by atoms with van der Waals surface area (Å²) in [5.41, 5.74) is -0.0943. The third-order valence-electron chi connectivity index (χ3n) is 2.58. The number of fused-ring (bicyclic) bond motifs is 1. The van der Waals surface area contributed by atoms with Gasteiger partial charge in [0.15, 0.2) is 0 Å². The molecule has 0 bridgehead atoms. The van der Waals surface area contributed by atoms with Crippen molar-refractivity contribution < 1.29 is 75.6 Å². The largest absolute Gasteiger partial charge is 1.00 e. The molecule has 98 valence electrons. The first-order valence-corrected chi connectivity index (χ1v) is 6.60. The van der Waals surface area contributed by atoms with Crippen LogP contribution in [0.5, 0.6) is 0 Å². The van der Waals surface area contributed by atoms with E-state index in [4.69, 9.17) is 16.3 Å². The quantitative estimate of drug-likeness (QED) is 0.224. The second-order valence-electron chi connectivity index (χ2n) is 3.70. The topological polar surface area (TPSA) is 86.7 Å². The van der Waals surface area contributed by atoms with E-state index >= 15 is 0 Å². The first-order valence-electron chi connectivity index (χ1n) is 5.19. The van der Waals surface area contributed by atoms with Gasteiger partial charge in [-0.15, -0.1) is 23.4 Å². The fourth-order valence-electron chi connectivity index (χ4n) is 1.79. The SMILES string of the molecule is O=C(CCl)OCCC1=C(C(=O)[O-])N2C(=O)CC2S1.[K+]. The molecule has 0 aromatic carbocycles. The number of hydrogen-bond donors (Lipinski definition) is 0. The standard InChI is InChI=1S/C10H10ClNO5S.K/c11-4-8(14)17-2-1-5-9(10(15)16)12-6(13)3-7(12)18-5;/h7H,1-4H2,(H,15,16);/q;+1/p-1. The van der Waals surface area contributed by atoms with Crippen LogP contribution in [-0.2, 0) is 19.1 Å². The molecule has 1 saturated heterocycles. The third-order valence-corrected chi connectivity index (χ3v) is 4.13. The summed E-state index contributed by atoms with van der Waals surface area (Å²) in [5, 5.41) is 10.8. The number of carbonyl (C=O) groups excluding carboxylic acids is 3. The van der Waals surface area contributed by atoms with Gasteiger partial charge in [-0.25, -0.2) is 0 Å². The first-order chi connectivity index (χ1) is 8.54. The molecule has 1 unspecified atom stereocenters. The molecule has 9 heteroatoms. The van der Waals surface area contributed by atoms with Gasteiger partial charge in [-0.1, -0.05) is 0 Å². The molecule has 0 saturated carbocycles. The minimum Gasteiger partial charge on any atom is -0.543 e. The number of β-lactam (4-membered cyclic amide) rings is 1. The summed E-state index contributed by atoms with van der Waals surface area (Å²) in [5.74, 6) is -2.40. The van der Waals surface area contributed by atoms with Gasteiger partial charge >= 0.3 is 57.4 Å². The number of nitrogens with zero attached hydrogens (tertiary/aromatic N) is 1. The zero-order valence-electron chi connectivity index (χ0n) is 10.2. The molecule has 2 aliphatic heterocycles. The molecule has 2 rings (SSSR count). The Hall–Kier alpha value is 0.426. The van der Waals surface area contributed by atoms with Gasteiger partial charge in [0.1, 0.15) is 5.88 Å². The molecule has 0 aromatic heterocycles. The maximum atomic E-state index is 11.3. The zero-order valence-corrected chi connectivity index (χ0v) is 14.9. The summed E-state index contributed by atoms with van der Waals surface area (Å²) in [6.45, 7) is 0.0411. The average Bonchev–Trinajstić information content (AvgIpc) is 2.61. The van der Waals surface area contributed by atoms with Crippen LogP contribution in [-0.4, -0.2) is 40.6 Å². The molecule has 1 amide bonds. The molecule has 0 spiro atoms. The molecule has 0 aromatic rings. The number of thioether (sulfide) groups is 1. The molecule has 0 radical (unpaired) electrons. The fourth-order valence-corrected chi connectivity index (χ4v) is 3.24. The molecular weight excluding hydrogens is 321 g/mol. The second-order valence-corrected chi connectivity index (χ2v) is 5.24. The van der Waals surface area contributed by atoms with Crippen LogP contribution in [0.4, 0.5) is 0 Å². The summed E-state index contributed by atoms with van der Waals surface area (Å²) >= 11 is 6.55. The van der Waals surface area contributed by atoms with Gasteiger partial charge in [-0.3, -0.25) is 14.5 Å². The third kappa shape index (κ3) is 3.75. The number of alkyl halides is 1. The van der Waals surface area contributed by atoms with E-state index in [0.29, 0.717) is 11.3 Å². The van der Waals surface area contributed by atoms with Gasteiger partial charge in [-0.05, 0) is 0 Å². The van der Waals surface area contributed by atoms with Gasteiger partial charge in [0.25, 0.3) is 0 Å². The molecule has 1 atom stereocenters. The van der Waals surface area contributed by atoms with Crippen molar-refractivity contribution in [3.8, 4) is 0 Å². The van der Waals surface area contributed by atoms with E-state index in [1.165, 1.54) is 16.7 Å². The van der Waals surface area contributed by atoms with Crippen molar-refractivity contribution in [1.29, 1.82) is 0 Å². The Morgan fingerprint density at radius 1 is 1.53 bits per heavy atom. The van der Waals surface area contributed by atoms with Crippen LogP contribution in [0, 0.1) is 0 Å². The van der Waals surface area contributed by atoms with Crippen LogP contribution in [0.15, 0.2) is 10.6 Å². The van der Waals surface area contributed by atoms with Gasteiger partial charge in [0, 0.05) is 11.3 Å². The number of carbonyl (C=O) groups is 3.